The molecular weight excluding hydrogens is 284 g/mol. The second-order valence-electron chi connectivity index (χ2n) is 5.82. The van der Waals surface area contributed by atoms with Gasteiger partial charge in [0.1, 0.15) is 0 Å². The molecule has 1 aliphatic rings. The zero-order valence-corrected chi connectivity index (χ0v) is 12.9. The van der Waals surface area contributed by atoms with Crippen LogP contribution in [0, 0.1) is 6.92 Å². The number of halogens is 1. The van der Waals surface area contributed by atoms with Crippen molar-refractivity contribution in [1.29, 1.82) is 0 Å². The first-order chi connectivity index (χ1) is 10.1. The summed E-state index contributed by atoms with van der Waals surface area (Å²) >= 11 is 6.07. The van der Waals surface area contributed by atoms with Crippen LogP contribution in [-0.4, -0.2) is 9.78 Å². The fraction of sp³-hybridized carbons (Fsp3) is 0.412. The number of hydrogen-bond donors (Lipinski definition) is 0. The highest BCUT2D eigenvalue weighted by atomic mass is 35.5. The number of aryl methyl sites for hydroxylation is 1. The lowest BCUT2D eigenvalue weighted by molar-refractivity contribution is 0.293. The first kappa shape index (κ1) is 14.3. The Morgan fingerprint density at radius 3 is 2.62 bits per heavy atom. The quantitative estimate of drug-likeness (QED) is 0.837. The van der Waals surface area contributed by atoms with E-state index in [4.69, 9.17) is 11.6 Å². The SMILES string of the molecule is Cc1ccc(=O)n(C2CCC(c3cccc(Cl)c3)CC2)n1. The maximum atomic E-state index is 11.9. The molecule has 0 N–H and O–H groups in total. The van der Waals surface area contributed by atoms with Crippen LogP contribution in [0.15, 0.2) is 41.2 Å². The van der Waals surface area contributed by atoms with Crippen molar-refractivity contribution >= 4 is 11.6 Å². The van der Waals surface area contributed by atoms with E-state index in [1.54, 1.807) is 16.8 Å². The molecule has 1 aliphatic carbocycles. The van der Waals surface area contributed by atoms with Gasteiger partial charge in [-0.25, -0.2) is 4.68 Å². The minimum absolute atomic E-state index is 0.00630. The molecule has 1 saturated carbocycles. The van der Waals surface area contributed by atoms with E-state index in [0.29, 0.717) is 5.92 Å². The van der Waals surface area contributed by atoms with Gasteiger partial charge in [-0.15, -0.1) is 0 Å². The van der Waals surface area contributed by atoms with E-state index in [1.165, 1.54) is 5.56 Å². The molecule has 0 amide bonds. The average molecular weight is 303 g/mol. The van der Waals surface area contributed by atoms with Crippen molar-refractivity contribution in [2.75, 3.05) is 0 Å². The normalized spacial score (nSPS) is 22.2. The van der Waals surface area contributed by atoms with Crippen molar-refractivity contribution in [3.8, 4) is 0 Å². The number of nitrogens with zero attached hydrogens (tertiary/aromatic N) is 2. The molecule has 1 fully saturated rings. The monoisotopic (exact) mass is 302 g/mol. The van der Waals surface area contributed by atoms with Crippen LogP contribution in [0.5, 0.6) is 0 Å². The number of rotatable bonds is 2. The fourth-order valence-corrected chi connectivity index (χ4v) is 3.40. The Morgan fingerprint density at radius 2 is 1.90 bits per heavy atom. The van der Waals surface area contributed by atoms with E-state index in [1.807, 2.05) is 19.1 Å². The predicted molar refractivity (Wildman–Crippen MR) is 84.9 cm³/mol. The van der Waals surface area contributed by atoms with Crippen molar-refractivity contribution in [2.45, 2.75) is 44.6 Å². The number of aromatic nitrogens is 2. The lowest BCUT2D eigenvalue weighted by Crippen LogP contribution is -2.29. The van der Waals surface area contributed by atoms with Crippen molar-refractivity contribution in [3.05, 3.63) is 63.0 Å². The summed E-state index contributed by atoms with van der Waals surface area (Å²) in [5, 5.41) is 5.19. The first-order valence-corrected chi connectivity index (χ1v) is 7.83. The minimum atomic E-state index is 0.00630. The summed E-state index contributed by atoms with van der Waals surface area (Å²) in [6.07, 6.45) is 4.14. The van der Waals surface area contributed by atoms with Gasteiger partial charge < -0.3 is 0 Å². The Morgan fingerprint density at radius 1 is 1.14 bits per heavy atom. The maximum Gasteiger partial charge on any atom is 0.267 e. The Balaban J connectivity index is 1.73. The minimum Gasteiger partial charge on any atom is -0.268 e. The molecule has 0 saturated heterocycles. The van der Waals surface area contributed by atoms with Gasteiger partial charge in [-0.05, 0) is 62.3 Å². The standard InChI is InChI=1S/C17H19ClN2O/c1-12-5-10-17(21)20(19-12)16-8-6-13(7-9-16)14-3-2-4-15(18)11-14/h2-5,10-11,13,16H,6-9H2,1H3. The van der Waals surface area contributed by atoms with Gasteiger partial charge in [-0.1, -0.05) is 23.7 Å². The molecular formula is C17H19ClN2O. The Hall–Kier alpha value is -1.61. The molecule has 2 aromatic rings. The smallest absolute Gasteiger partial charge is 0.267 e. The van der Waals surface area contributed by atoms with Gasteiger partial charge in [0.2, 0.25) is 0 Å². The van der Waals surface area contributed by atoms with Crippen molar-refractivity contribution in [1.82, 2.24) is 9.78 Å². The summed E-state index contributed by atoms with van der Waals surface area (Å²) < 4.78 is 1.67. The number of benzene rings is 1. The molecule has 1 aromatic carbocycles. The lowest BCUT2D eigenvalue weighted by Gasteiger charge is -2.29. The molecule has 0 unspecified atom stereocenters. The molecule has 0 spiro atoms. The van der Waals surface area contributed by atoms with Gasteiger partial charge in [0, 0.05) is 11.1 Å². The van der Waals surface area contributed by atoms with E-state index in [2.05, 4.69) is 17.2 Å². The molecule has 3 rings (SSSR count). The molecule has 0 bridgehead atoms. The largest absolute Gasteiger partial charge is 0.268 e. The Kier molecular flexibility index (Phi) is 4.11. The van der Waals surface area contributed by atoms with Gasteiger partial charge in [0.15, 0.2) is 0 Å². The maximum absolute atomic E-state index is 11.9. The van der Waals surface area contributed by atoms with Gasteiger partial charge in [0.25, 0.3) is 5.56 Å². The van der Waals surface area contributed by atoms with Crippen LogP contribution in [0.4, 0.5) is 0 Å². The Labute approximate surface area is 129 Å². The molecule has 3 nitrogen and oxygen atoms in total. The van der Waals surface area contributed by atoms with Crippen molar-refractivity contribution < 1.29 is 0 Å². The van der Waals surface area contributed by atoms with Gasteiger partial charge in [-0.2, -0.15) is 5.10 Å². The van der Waals surface area contributed by atoms with Crippen molar-refractivity contribution in [2.24, 2.45) is 0 Å². The third-order valence-electron chi connectivity index (χ3n) is 4.32. The van der Waals surface area contributed by atoms with E-state index < -0.39 is 0 Å². The molecule has 21 heavy (non-hydrogen) atoms. The van der Waals surface area contributed by atoms with E-state index in [-0.39, 0.29) is 11.6 Å². The zero-order chi connectivity index (χ0) is 14.8. The van der Waals surface area contributed by atoms with E-state index in [9.17, 15) is 4.79 Å². The molecule has 0 aliphatic heterocycles. The molecule has 4 heteroatoms. The highest BCUT2D eigenvalue weighted by Gasteiger charge is 2.24. The van der Waals surface area contributed by atoms with Crippen LogP contribution in [0.3, 0.4) is 0 Å². The summed E-state index contributed by atoms with van der Waals surface area (Å²) in [4.78, 5) is 11.9. The predicted octanol–water partition coefficient (Wildman–Crippen LogP) is 4.10. The van der Waals surface area contributed by atoms with Gasteiger partial charge in [-0.3, -0.25) is 4.79 Å². The zero-order valence-electron chi connectivity index (χ0n) is 12.1. The lowest BCUT2D eigenvalue weighted by atomic mass is 9.82. The summed E-state index contributed by atoms with van der Waals surface area (Å²) in [5.74, 6) is 0.542. The molecule has 110 valence electrons. The summed E-state index contributed by atoms with van der Waals surface area (Å²) in [5.41, 5.74) is 2.21. The molecule has 0 atom stereocenters. The molecule has 1 aromatic heterocycles. The van der Waals surface area contributed by atoms with Crippen LogP contribution >= 0.6 is 11.6 Å². The van der Waals surface area contributed by atoms with Crippen LogP contribution in [0.25, 0.3) is 0 Å². The van der Waals surface area contributed by atoms with Gasteiger partial charge >= 0.3 is 0 Å². The average Bonchev–Trinajstić information content (AvgIpc) is 2.50. The highest BCUT2D eigenvalue weighted by molar-refractivity contribution is 6.30. The second kappa shape index (κ2) is 6.02. The van der Waals surface area contributed by atoms with Crippen LogP contribution in [0.2, 0.25) is 5.02 Å². The first-order valence-electron chi connectivity index (χ1n) is 7.45. The summed E-state index contributed by atoms with van der Waals surface area (Å²) in [6.45, 7) is 1.92. The van der Waals surface area contributed by atoms with Gasteiger partial charge in [0.05, 0.1) is 11.7 Å². The molecule has 0 radical (unpaired) electrons. The summed E-state index contributed by atoms with van der Waals surface area (Å²) in [6, 6.07) is 11.7. The van der Waals surface area contributed by atoms with E-state index in [0.717, 1.165) is 36.4 Å². The highest BCUT2D eigenvalue weighted by Crippen LogP contribution is 2.37. The third-order valence-corrected chi connectivity index (χ3v) is 4.56. The van der Waals surface area contributed by atoms with E-state index >= 15 is 0 Å². The number of hydrogen-bond acceptors (Lipinski definition) is 2. The Bertz CT molecular complexity index is 687. The second-order valence-corrected chi connectivity index (χ2v) is 6.25. The molecule has 1 heterocycles. The van der Waals surface area contributed by atoms with Crippen LogP contribution in [0.1, 0.15) is 48.9 Å². The third kappa shape index (κ3) is 3.18. The fourth-order valence-electron chi connectivity index (χ4n) is 3.20. The van der Waals surface area contributed by atoms with Crippen LogP contribution < -0.4 is 5.56 Å². The topological polar surface area (TPSA) is 34.9 Å². The summed E-state index contributed by atoms with van der Waals surface area (Å²) in [7, 11) is 0. The van der Waals surface area contributed by atoms with Crippen molar-refractivity contribution in [3.63, 3.8) is 0 Å². The van der Waals surface area contributed by atoms with Crippen LogP contribution in [-0.2, 0) is 0 Å².